The predicted octanol–water partition coefficient (Wildman–Crippen LogP) is 2.32. The van der Waals surface area contributed by atoms with Crippen LogP contribution in [0.3, 0.4) is 0 Å². The van der Waals surface area contributed by atoms with Crippen molar-refractivity contribution in [3.05, 3.63) is 63.3 Å². The molecule has 6 heteroatoms. The van der Waals surface area contributed by atoms with Crippen molar-refractivity contribution in [1.29, 1.82) is 0 Å². The van der Waals surface area contributed by atoms with Crippen LogP contribution in [0.4, 0.5) is 0 Å². The topological polar surface area (TPSA) is 61.2 Å². The van der Waals surface area contributed by atoms with E-state index in [1.54, 1.807) is 30.3 Å². The maximum absolute atomic E-state index is 12.2. The van der Waals surface area contributed by atoms with Gasteiger partial charge in [0.05, 0.1) is 23.8 Å². The summed E-state index contributed by atoms with van der Waals surface area (Å²) >= 11 is 1.33. The first-order valence-corrected chi connectivity index (χ1v) is 7.28. The van der Waals surface area contributed by atoms with Crippen molar-refractivity contribution < 1.29 is 9.53 Å². The van der Waals surface area contributed by atoms with E-state index >= 15 is 0 Å². The van der Waals surface area contributed by atoms with E-state index in [2.05, 4.69) is 4.98 Å². The number of para-hydroxylation sites is 1. The number of nitrogens with zero attached hydrogens (tertiary/aromatic N) is 2. The molecule has 2 aromatic heterocycles. The minimum atomic E-state index is -0.369. The van der Waals surface area contributed by atoms with Crippen LogP contribution < -0.4 is 5.56 Å². The van der Waals surface area contributed by atoms with Gasteiger partial charge in [-0.1, -0.05) is 18.2 Å². The fourth-order valence-corrected chi connectivity index (χ4v) is 2.58. The molecule has 0 saturated carbocycles. The minimum absolute atomic E-state index is 0.132. The Morgan fingerprint density at radius 1 is 1.24 bits per heavy atom. The average Bonchev–Trinajstić information content (AvgIpc) is 3.04. The lowest BCUT2D eigenvalue weighted by molar-refractivity contribution is 0.0496. The van der Waals surface area contributed by atoms with Gasteiger partial charge in [-0.05, 0) is 23.6 Å². The lowest BCUT2D eigenvalue weighted by Crippen LogP contribution is -2.23. The number of fused-ring (bicyclic) bond motifs is 1. The highest BCUT2D eigenvalue weighted by Gasteiger charge is 2.08. The summed E-state index contributed by atoms with van der Waals surface area (Å²) in [6.45, 7) is 0.421. The van der Waals surface area contributed by atoms with Crippen LogP contribution in [0.1, 0.15) is 9.67 Å². The zero-order chi connectivity index (χ0) is 14.7. The molecule has 3 aromatic rings. The third-order valence-corrected chi connectivity index (χ3v) is 3.87. The SMILES string of the molecule is O=C(OCCn1cnc2ccccc2c1=O)c1cccs1. The molecule has 3 rings (SSSR count). The van der Waals surface area contributed by atoms with Gasteiger partial charge in [-0.15, -0.1) is 11.3 Å². The van der Waals surface area contributed by atoms with Crippen LogP contribution in [0.5, 0.6) is 0 Å². The van der Waals surface area contributed by atoms with Gasteiger partial charge in [0.25, 0.3) is 5.56 Å². The Bertz CT molecular complexity index is 824. The van der Waals surface area contributed by atoms with Crippen LogP contribution in [-0.2, 0) is 11.3 Å². The summed E-state index contributed by atoms with van der Waals surface area (Å²) in [5.74, 6) is -0.369. The molecule has 0 spiro atoms. The molecule has 0 aliphatic rings. The van der Waals surface area contributed by atoms with Gasteiger partial charge in [0, 0.05) is 0 Å². The highest BCUT2D eigenvalue weighted by molar-refractivity contribution is 7.11. The van der Waals surface area contributed by atoms with Crippen molar-refractivity contribution in [3.8, 4) is 0 Å². The Kier molecular flexibility index (Phi) is 3.79. The number of hydrogen-bond acceptors (Lipinski definition) is 5. The summed E-state index contributed by atoms with van der Waals surface area (Å²) in [6, 6.07) is 10.7. The minimum Gasteiger partial charge on any atom is -0.460 e. The zero-order valence-corrected chi connectivity index (χ0v) is 11.9. The van der Waals surface area contributed by atoms with Crippen molar-refractivity contribution in [2.24, 2.45) is 0 Å². The van der Waals surface area contributed by atoms with E-state index in [0.29, 0.717) is 15.8 Å². The van der Waals surface area contributed by atoms with Crippen molar-refractivity contribution in [3.63, 3.8) is 0 Å². The molecular weight excluding hydrogens is 288 g/mol. The number of ether oxygens (including phenoxy) is 1. The Morgan fingerprint density at radius 3 is 2.90 bits per heavy atom. The zero-order valence-electron chi connectivity index (χ0n) is 11.1. The summed E-state index contributed by atoms with van der Waals surface area (Å²) in [6.07, 6.45) is 1.48. The summed E-state index contributed by atoms with van der Waals surface area (Å²) in [5, 5.41) is 2.37. The van der Waals surface area contributed by atoms with Crippen LogP contribution in [0.15, 0.2) is 52.9 Å². The van der Waals surface area contributed by atoms with E-state index in [1.165, 1.54) is 22.2 Å². The molecule has 1 aromatic carbocycles. The smallest absolute Gasteiger partial charge is 0.348 e. The van der Waals surface area contributed by atoms with Crippen LogP contribution in [-0.4, -0.2) is 22.1 Å². The first-order valence-electron chi connectivity index (χ1n) is 6.40. The first kappa shape index (κ1) is 13.5. The predicted molar refractivity (Wildman–Crippen MR) is 80.6 cm³/mol. The Hall–Kier alpha value is -2.47. The third-order valence-electron chi connectivity index (χ3n) is 3.02. The number of benzene rings is 1. The second kappa shape index (κ2) is 5.88. The van der Waals surface area contributed by atoms with Gasteiger partial charge in [-0.2, -0.15) is 0 Å². The number of esters is 1. The second-order valence-electron chi connectivity index (χ2n) is 4.37. The summed E-state index contributed by atoms with van der Waals surface area (Å²) in [4.78, 5) is 28.7. The van der Waals surface area contributed by atoms with Gasteiger partial charge in [0.2, 0.25) is 0 Å². The van der Waals surface area contributed by atoms with Gasteiger partial charge in [0.15, 0.2) is 0 Å². The van der Waals surface area contributed by atoms with Gasteiger partial charge in [-0.25, -0.2) is 9.78 Å². The van der Waals surface area contributed by atoms with Crippen molar-refractivity contribution >= 4 is 28.2 Å². The molecule has 0 unspecified atom stereocenters. The molecule has 21 heavy (non-hydrogen) atoms. The molecule has 0 atom stereocenters. The average molecular weight is 300 g/mol. The van der Waals surface area contributed by atoms with Crippen LogP contribution in [0, 0.1) is 0 Å². The van der Waals surface area contributed by atoms with E-state index in [4.69, 9.17) is 4.74 Å². The summed E-state index contributed by atoms with van der Waals surface area (Å²) < 4.78 is 6.59. The van der Waals surface area contributed by atoms with E-state index in [0.717, 1.165) is 0 Å². The summed E-state index contributed by atoms with van der Waals surface area (Å²) in [5.41, 5.74) is 0.530. The quantitative estimate of drug-likeness (QED) is 0.694. The standard InChI is InChI=1S/C15H12N2O3S/c18-14-11-4-1-2-5-12(11)16-10-17(14)7-8-20-15(19)13-6-3-9-21-13/h1-6,9-10H,7-8H2. The van der Waals surface area contributed by atoms with E-state index < -0.39 is 0 Å². The van der Waals surface area contributed by atoms with Crippen LogP contribution in [0.25, 0.3) is 10.9 Å². The number of carbonyl (C=O) groups is 1. The lowest BCUT2D eigenvalue weighted by atomic mass is 10.2. The lowest BCUT2D eigenvalue weighted by Gasteiger charge is -2.07. The molecule has 0 saturated heterocycles. The highest BCUT2D eigenvalue weighted by Crippen LogP contribution is 2.10. The Labute approximate surface area is 124 Å². The van der Waals surface area contributed by atoms with Crippen molar-refractivity contribution in [1.82, 2.24) is 9.55 Å². The molecule has 0 aliphatic carbocycles. The highest BCUT2D eigenvalue weighted by atomic mass is 32.1. The molecule has 106 valence electrons. The second-order valence-corrected chi connectivity index (χ2v) is 5.32. The normalized spacial score (nSPS) is 10.7. The first-order chi connectivity index (χ1) is 10.3. The molecule has 0 fully saturated rings. The number of thiophene rings is 1. The molecule has 5 nitrogen and oxygen atoms in total. The number of aromatic nitrogens is 2. The van der Waals surface area contributed by atoms with Crippen molar-refractivity contribution in [2.75, 3.05) is 6.61 Å². The van der Waals surface area contributed by atoms with E-state index in [9.17, 15) is 9.59 Å². The van der Waals surface area contributed by atoms with Crippen LogP contribution >= 0.6 is 11.3 Å². The van der Waals surface area contributed by atoms with E-state index in [1.807, 2.05) is 11.4 Å². The van der Waals surface area contributed by atoms with Gasteiger partial charge >= 0.3 is 5.97 Å². The molecule has 0 aliphatic heterocycles. The molecule has 0 radical (unpaired) electrons. The number of hydrogen-bond donors (Lipinski definition) is 0. The summed E-state index contributed by atoms with van der Waals surface area (Å²) in [7, 11) is 0. The van der Waals surface area contributed by atoms with E-state index in [-0.39, 0.29) is 24.7 Å². The maximum atomic E-state index is 12.2. The van der Waals surface area contributed by atoms with Crippen molar-refractivity contribution in [2.45, 2.75) is 6.54 Å². The Balaban J connectivity index is 1.70. The Morgan fingerprint density at radius 2 is 2.10 bits per heavy atom. The van der Waals surface area contributed by atoms with Gasteiger partial charge in [-0.3, -0.25) is 9.36 Å². The third kappa shape index (κ3) is 2.85. The fraction of sp³-hybridized carbons (Fsp3) is 0.133. The molecular formula is C15H12N2O3S. The monoisotopic (exact) mass is 300 g/mol. The maximum Gasteiger partial charge on any atom is 0.348 e. The van der Waals surface area contributed by atoms with Gasteiger partial charge < -0.3 is 4.74 Å². The number of carbonyl (C=O) groups excluding carboxylic acids is 1. The molecule has 0 amide bonds. The number of rotatable bonds is 4. The largest absolute Gasteiger partial charge is 0.460 e. The molecule has 0 bridgehead atoms. The molecule has 0 N–H and O–H groups in total. The van der Waals surface area contributed by atoms with Crippen LogP contribution in [0.2, 0.25) is 0 Å². The fourth-order valence-electron chi connectivity index (χ4n) is 1.97. The van der Waals surface area contributed by atoms with Gasteiger partial charge in [0.1, 0.15) is 11.5 Å². The molecule has 2 heterocycles.